The number of Topliss-reactive ketones (excluding diaryl/α,β-unsaturated/α-hetero) is 2. The lowest BCUT2D eigenvalue weighted by Crippen LogP contribution is -3.05. The van der Waals surface area contributed by atoms with E-state index in [1.807, 2.05) is 0 Å². The number of carboxylic acid groups (broad SMARTS) is 6. The lowest BCUT2D eigenvalue weighted by Gasteiger charge is -2.21. The van der Waals surface area contributed by atoms with Crippen LogP contribution < -0.4 is 79.5 Å². The van der Waals surface area contributed by atoms with E-state index >= 15 is 0 Å². The summed E-state index contributed by atoms with van der Waals surface area (Å²) in [7, 11) is 16.4. The Morgan fingerprint density at radius 2 is 0.537 bits per heavy atom. The molecule has 800 valence electrons. The van der Waals surface area contributed by atoms with Crippen LogP contribution in [0.1, 0.15) is 444 Å². The Morgan fingerprint density at radius 1 is 0.279 bits per heavy atom. The molecule has 136 heavy (non-hydrogen) atoms. The first kappa shape index (κ1) is 138. The summed E-state index contributed by atoms with van der Waals surface area (Å²) in [6.45, 7) is 10.3. The highest BCUT2D eigenvalue weighted by atomic mass is 33.1. The number of quaternary nitrogens is 6. The Kier molecular flexibility index (Phi) is 108. The molecule has 0 saturated carbocycles. The van der Waals surface area contributed by atoms with E-state index < -0.39 is 77.1 Å². The quantitative estimate of drug-likeness (QED) is 0.0199. The van der Waals surface area contributed by atoms with Gasteiger partial charge in [0.05, 0.1) is 116 Å². The molecule has 0 heterocycles. The van der Waals surface area contributed by atoms with Gasteiger partial charge in [-0.05, 0) is 141 Å². The maximum atomic E-state index is 12.2. The molecule has 0 aliphatic rings. The van der Waals surface area contributed by atoms with Crippen LogP contribution in [0, 0.1) is 5.92 Å². The number of carbonyl (C=O) groups excluding carboxylic acids is 11. The molecule has 0 radical (unpaired) electrons. The van der Waals surface area contributed by atoms with Crippen LogP contribution in [0.15, 0.2) is 0 Å². The number of rotatable bonds is 100. The molecule has 34 heteroatoms. The van der Waals surface area contributed by atoms with E-state index in [0.717, 1.165) is 195 Å². The van der Waals surface area contributed by atoms with Crippen molar-refractivity contribution in [3.8, 4) is 0 Å². The number of carboxylic acids is 6. The van der Waals surface area contributed by atoms with Crippen LogP contribution >= 0.6 is 64.8 Å². The first-order valence-electron chi connectivity index (χ1n) is 53.6. The molecule has 19 N–H and O–H groups in total. The Morgan fingerprint density at radius 3 is 0.824 bits per heavy atom. The van der Waals surface area contributed by atoms with Gasteiger partial charge in [0, 0.05) is 92.0 Å². The minimum absolute atomic E-state index is 0.00404. The molecule has 0 bridgehead atoms. The molecule has 6 unspecified atom stereocenters. The average molecular weight is 2050 g/mol. The van der Waals surface area contributed by atoms with E-state index in [2.05, 4.69) is 79.3 Å². The Labute approximate surface area is 847 Å². The minimum atomic E-state index is -1.40. The van der Waals surface area contributed by atoms with Crippen molar-refractivity contribution in [1.29, 1.82) is 0 Å². The summed E-state index contributed by atoms with van der Waals surface area (Å²) in [6, 6.07) is -4.45. The molecular weight excluding hydrogens is 1850 g/mol. The highest BCUT2D eigenvalue weighted by molar-refractivity contribution is 8.77. The van der Waals surface area contributed by atoms with E-state index in [0.29, 0.717) is 75.0 Å². The number of ketones is 2. The highest BCUT2D eigenvalue weighted by Crippen LogP contribution is 2.32. The van der Waals surface area contributed by atoms with E-state index in [4.69, 9.17) is 0 Å². The van der Waals surface area contributed by atoms with Gasteiger partial charge >= 0.3 is 5.97 Å². The first-order valence-corrected chi connectivity index (χ1v) is 60.9. The molecule has 0 saturated heterocycles. The second kappa shape index (κ2) is 107. The summed E-state index contributed by atoms with van der Waals surface area (Å²) in [5.74, 6) is -8.10. The maximum Gasteiger partial charge on any atom is 0.317 e. The first-order chi connectivity index (χ1) is 65.6. The van der Waals surface area contributed by atoms with Crippen LogP contribution in [0.3, 0.4) is 0 Å². The molecule has 0 fully saturated rings. The number of carbonyl (C=O) groups is 12. The smallest absolute Gasteiger partial charge is 0.317 e. The van der Waals surface area contributed by atoms with E-state index in [-0.39, 0.29) is 79.3 Å². The molecule has 0 aromatic heterocycles. The Hall–Kier alpha value is -4.10. The SMILES string of the molecule is CCC(=O)NC(CSSCC(NC(=O)CCCCCCCCCCCCCCCCCC[NH+](C)C)C(=O)[O-])C(=O)[O-].CCCCCCCCCCCCCCCCCC[NH+](C)C.[NH3+]CCCCCCCC(=O)CCCC(SSCCC(NC(=O)CCCCCCC[NH3+])C(=O)[O-])C(=O)O.[NH3+]CCCCCCCCC(=O)CC(CCSSCCC(NC(=O)CCCCCCCC[NH3+])C(=O)[O-])C(=O)[O-]. The third-order valence-electron chi connectivity index (χ3n) is 23.7. The minimum Gasteiger partial charge on any atom is -0.550 e. The van der Waals surface area contributed by atoms with Crippen molar-refractivity contribution in [2.45, 2.75) is 473 Å². The van der Waals surface area contributed by atoms with Crippen LogP contribution in [-0.2, 0) is 57.5 Å². The van der Waals surface area contributed by atoms with Crippen molar-refractivity contribution in [1.82, 2.24) is 21.3 Å². The molecule has 6 atom stereocenters. The van der Waals surface area contributed by atoms with Crippen molar-refractivity contribution in [2.75, 3.05) is 96.2 Å². The lowest BCUT2D eigenvalue weighted by atomic mass is 9.97. The number of hydrogen-bond acceptors (Lipinski definition) is 23. The highest BCUT2D eigenvalue weighted by Gasteiger charge is 2.23. The predicted octanol–water partition coefficient (Wildman–Crippen LogP) is 9.42. The largest absolute Gasteiger partial charge is 0.550 e. The van der Waals surface area contributed by atoms with Crippen molar-refractivity contribution in [2.24, 2.45) is 5.92 Å². The van der Waals surface area contributed by atoms with Gasteiger partial charge < -0.3 is 109 Å². The van der Waals surface area contributed by atoms with Crippen LogP contribution in [0.25, 0.3) is 0 Å². The van der Waals surface area contributed by atoms with Crippen molar-refractivity contribution in [3.05, 3.63) is 0 Å². The van der Waals surface area contributed by atoms with Gasteiger partial charge in [-0.1, -0.05) is 316 Å². The van der Waals surface area contributed by atoms with Gasteiger partial charge in [-0.2, -0.15) is 0 Å². The summed E-state index contributed by atoms with van der Waals surface area (Å²) in [5, 5.41) is 75.5. The maximum absolute atomic E-state index is 12.2. The summed E-state index contributed by atoms with van der Waals surface area (Å²) < 4.78 is 0. The molecule has 0 aliphatic carbocycles. The molecule has 0 spiro atoms. The van der Waals surface area contributed by atoms with Gasteiger partial charge in [-0.3, -0.25) is 33.6 Å². The summed E-state index contributed by atoms with van der Waals surface area (Å²) in [6.07, 6.45) is 70.1. The second-order valence-corrected chi connectivity index (χ2v) is 45.4. The standard InChI is InChI=1S/C30H57N3O6S2.C27H51N3O6S2.C25H47N3O6S2.C20H43N/c1-4-27(34)31-25(29(36)37)23-40-41-24-26(30(38)39)32-28(35)21-19-17-15-13-11-9-7-5-6-8-10-12-14-16-18-20-22-33(2)3;28-17-11-7-3-1-5-9-13-23(31)21-22(26(33)34)15-19-37-38-20-16-24(27(35)36)30-25(32)14-10-6-2-4-8-12-18-29;26-17-9-5-1-3-7-12-20(29)13-11-14-22(25(33)34)36-35-19-16-21(24(31)32)28-23(30)15-8-4-2-6-10-18-27;1-4-5-6-7-8-9-10-11-12-13-14-15-16-17-18-19-20-21(2)3/h25-26H,4-24H2,1-3H3,(H,31,34)(H,32,35)(H,36,37)(H,38,39);22,24H,1-21,28-29H2,(H,30,32)(H,33,34)(H,35,36);21-22H,1-19,26-27H2,(H,28,30)(H,31,32)(H,33,34);4-20H2,1-3H3/p+1. The molecule has 0 aromatic rings. The molecule has 4 amide bonds. The Balaban J connectivity index is -0.000000873. The number of unbranched alkanes of at least 4 members (excludes halogenated alkanes) is 48. The van der Waals surface area contributed by atoms with E-state index in [9.17, 15) is 88.2 Å². The number of hydrogen-bond donors (Lipinski definition) is 11. The molecule has 0 aliphatic heterocycles. The molecular formula is C102H199N10O18S6+. The lowest BCUT2D eigenvalue weighted by molar-refractivity contribution is -0.858. The third-order valence-corrected chi connectivity index (χ3v) is 31.4. The zero-order valence-electron chi connectivity index (χ0n) is 86.3. The molecule has 0 aromatic carbocycles. The van der Waals surface area contributed by atoms with Crippen LogP contribution in [-0.4, -0.2) is 202 Å². The Bertz CT molecular complexity index is 2820. The van der Waals surface area contributed by atoms with E-state index in [1.165, 1.54) is 242 Å². The predicted molar refractivity (Wildman–Crippen MR) is 555 cm³/mol. The van der Waals surface area contributed by atoms with E-state index in [1.54, 1.807) is 16.7 Å². The number of aliphatic carboxylic acids is 6. The fourth-order valence-corrected chi connectivity index (χ4v) is 22.2. The third kappa shape index (κ3) is 104. The fourth-order valence-electron chi connectivity index (χ4n) is 15.1. The topological polar surface area (TPSA) is 508 Å². The molecule has 0 rings (SSSR count). The van der Waals surface area contributed by atoms with Gasteiger partial charge in [0.25, 0.3) is 0 Å². The van der Waals surface area contributed by atoms with Crippen molar-refractivity contribution >= 4 is 136 Å². The van der Waals surface area contributed by atoms with Crippen LogP contribution in [0.2, 0.25) is 0 Å². The van der Waals surface area contributed by atoms with Gasteiger partial charge in [0.15, 0.2) is 0 Å². The van der Waals surface area contributed by atoms with Crippen LogP contribution in [0.4, 0.5) is 0 Å². The monoisotopic (exact) mass is 2040 g/mol. The fraction of sp³-hybridized carbons (Fsp3) is 0.882. The zero-order chi connectivity index (χ0) is 102. The van der Waals surface area contributed by atoms with Crippen molar-refractivity contribution in [3.63, 3.8) is 0 Å². The average Bonchev–Trinajstić information content (AvgIpc) is 0.940. The van der Waals surface area contributed by atoms with Gasteiger partial charge in [0.2, 0.25) is 23.6 Å². The number of amides is 4. The normalized spacial score (nSPS) is 12.5. The number of nitrogens with one attached hydrogen (secondary N) is 6. The zero-order valence-corrected chi connectivity index (χ0v) is 91.2. The summed E-state index contributed by atoms with van der Waals surface area (Å²) in [4.78, 5) is 143. The van der Waals surface area contributed by atoms with Crippen molar-refractivity contribution < 1.29 is 121 Å². The second-order valence-electron chi connectivity index (χ2n) is 37.4. The molecule has 28 nitrogen and oxygen atoms in total. The van der Waals surface area contributed by atoms with Gasteiger partial charge in [0.1, 0.15) is 16.8 Å². The summed E-state index contributed by atoms with van der Waals surface area (Å²) in [5.41, 5.74) is 15.2. The summed E-state index contributed by atoms with van der Waals surface area (Å²) >= 11 is 0. The van der Waals surface area contributed by atoms with Crippen LogP contribution in [0.5, 0.6) is 0 Å². The van der Waals surface area contributed by atoms with Gasteiger partial charge in [-0.25, -0.2) is 0 Å². The van der Waals surface area contributed by atoms with Gasteiger partial charge in [-0.15, -0.1) is 0 Å².